The van der Waals surface area contributed by atoms with E-state index in [0.717, 1.165) is 16.5 Å². The fourth-order valence-corrected chi connectivity index (χ4v) is 2.10. The number of hydrogen-bond donors (Lipinski definition) is 3. The maximum absolute atomic E-state index is 9.97. The van der Waals surface area contributed by atoms with E-state index in [-0.39, 0.29) is 0 Å². The Kier molecular flexibility index (Phi) is 3.94. The summed E-state index contributed by atoms with van der Waals surface area (Å²) in [5, 5.41) is 11.1. The highest BCUT2D eigenvalue weighted by molar-refractivity contribution is 5.83. The van der Waals surface area contributed by atoms with Crippen LogP contribution in [0.2, 0.25) is 0 Å². The molecule has 1 unspecified atom stereocenters. The molecule has 4 N–H and O–H groups in total. The number of aromatic amines is 1. The quantitative estimate of drug-likeness (QED) is 0.739. The fraction of sp³-hybridized carbons (Fsp3) is 0.467. The number of H-pyrrole nitrogens is 1. The summed E-state index contributed by atoms with van der Waals surface area (Å²) in [5.41, 5.74) is 7.79. The third kappa shape index (κ3) is 3.56. The molecule has 0 spiro atoms. The molecule has 4 nitrogen and oxygen atoms in total. The number of benzene rings is 1. The Bertz CT molecular complexity index is 542. The van der Waals surface area contributed by atoms with E-state index in [9.17, 15) is 5.11 Å². The van der Waals surface area contributed by atoms with E-state index in [1.807, 2.05) is 51.2 Å². The van der Waals surface area contributed by atoms with Gasteiger partial charge in [0.1, 0.15) is 0 Å². The van der Waals surface area contributed by atoms with Crippen molar-refractivity contribution in [3.8, 4) is 0 Å². The largest absolute Gasteiger partial charge is 0.367 e. The molecule has 1 heterocycles. The third-order valence-electron chi connectivity index (χ3n) is 2.97. The number of hydrogen-bond acceptors (Lipinski definition) is 3. The first-order chi connectivity index (χ1) is 8.87. The van der Waals surface area contributed by atoms with Gasteiger partial charge in [0.05, 0.1) is 11.6 Å². The summed E-state index contributed by atoms with van der Waals surface area (Å²) in [6, 6.07) is 7.60. The van der Waals surface area contributed by atoms with Crippen molar-refractivity contribution < 1.29 is 9.84 Å². The summed E-state index contributed by atoms with van der Waals surface area (Å²) in [7, 11) is 0. The van der Waals surface area contributed by atoms with E-state index in [4.69, 9.17) is 10.5 Å². The first-order valence-electron chi connectivity index (χ1n) is 6.53. The summed E-state index contributed by atoms with van der Waals surface area (Å²) in [4.78, 5) is 3.20. The Balaban J connectivity index is 2.08. The molecule has 2 aromatic rings. The second-order valence-electron chi connectivity index (χ2n) is 5.85. The van der Waals surface area contributed by atoms with E-state index in [1.54, 1.807) is 0 Å². The minimum atomic E-state index is -0.964. The van der Waals surface area contributed by atoms with Crippen LogP contribution < -0.4 is 5.73 Å². The predicted molar refractivity (Wildman–Crippen MR) is 76.8 cm³/mol. The lowest BCUT2D eigenvalue weighted by molar-refractivity contribution is -0.175. The van der Waals surface area contributed by atoms with Crippen molar-refractivity contribution in [2.24, 2.45) is 5.73 Å². The Morgan fingerprint density at radius 2 is 2.00 bits per heavy atom. The second kappa shape index (κ2) is 5.33. The van der Waals surface area contributed by atoms with Gasteiger partial charge in [-0.05, 0) is 38.8 Å². The number of nitrogens with two attached hydrogens (primary N) is 1. The van der Waals surface area contributed by atoms with E-state index in [1.165, 1.54) is 0 Å². The molecule has 0 saturated carbocycles. The normalized spacial score (nSPS) is 15.6. The predicted octanol–water partition coefficient (Wildman–Crippen LogP) is 2.17. The van der Waals surface area contributed by atoms with E-state index in [0.29, 0.717) is 6.42 Å². The highest BCUT2D eigenvalue weighted by atomic mass is 16.6. The number of aliphatic hydroxyl groups excluding tert-OH is 1. The summed E-state index contributed by atoms with van der Waals surface area (Å²) in [5.74, 6) is 0. The third-order valence-corrected chi connectivity index (χ3v) is 2.97. The summed E-state index contributed by atoms with van der Waals surface area (Å²) >= 11 is 0. The van der Waals surface area contributed by atoms with Crippen LogP contribution in [0.15, 0.2) is 30.5 Å². The topological polar surface area (TPSA) is 71.3 Å². The number of aromatic nitrogens is 1. The molecule has 0 saturated heterocycles. The van der Waals surface area contributed by atoms with Gasteiger partial charge < -0.3 is 20.6 Å². The molecule has 0 aliphatic carbocycles. The first kappa shape index (κ1) is 14.1. The molecule has 0 aliphatic heterocycles. The molecule has 2 rings (SSSR count). The van der Waals surface area contributed by atoms with E-state index in [2.05, 4.69) is 4.98 Å². The smallest absolute Gasteiger partial charge is 0.170 e. The zero-order valence-electron chi connectivity index (χ0n) is 11.7. The van der Waals surface area contributed by atoms with Gasteiger partial charge in [0, 0.05) is 17.1 Å². The molecular formula is C15H22N2O2. The number of nitrogens with one attached hydrogen (secondary N) is 1. The highest BCUT2D eigenvalue weighted by Crippen LogP contribution is 2.20. The lowest BCUT2D eigenvalue weighted by Gasteiger charge is -2.27. The maximum Gasteiger partial charge on any atom is 0.170 e. The Hall–Kier alpha value is -1.36. The van der Waals surface area contributed by atoms with Crippen LogP contribution in [0.3, 0.4) is 0 Å². The van der Waals surface area contributed by atoms with Crippen molar-refractivity contribution in [1.82, 2.24) is 4.98 Å². The molecular weight excluding hydrogens is 240 g/mol. The van der Waals surface area contributed by atoms with Gasteiger partial charge in [-0.25, -0.2) is 0 Å². The number of ether oxygens (including phenoxy) is 1. The minimum Gasteiger partial charge on any atom is -0.367 e. The van der Waals surface area contributed by atoms with Crippen LogP contribution in [0.1, 0.15) is 26.3 Å². The number of rotatable bonds is 4. The zero-order valence-corrected chi connectivity index (χ0v) is 11.7. The molecule has 0 fully saturated rings. The Labute approximate surface area is 113 Å². The zero-order chi connectivity index (χ0) is 14.0. The Morgan fingerprint density at radius 1 is 1.32 bits per heavy atom. The summed E-state index contributed by atoms with van der Waals surface area (Å²) < 4.78 is 5.48. The van der Waals surface area contributed by atoms with Crippen LogP contribution in [-0.2, 0) is 11.2 Å². The van der Waals surface area contributed by atoms with Crippen LogP contribution >= 0.6 is 0 Å². The average Bonchev–Trinajstić information content (AvgIpc) is 2.70. The van der Waals surface area contributed by atoms with Gasteiger partial charge in [-0.15, -0.1) is 0 Å². The van der Waals surface area contributed by atoms with Gasteiger partial charge in [-0.3, -0.25) is 0 Å². The van der Waals surface area contributed by atoms with Crippen LogP contribution in [0.25, 0.3) is 10.9 Å². The molecule has 0 aliphatic rings. The summed E-state index contributed by atoms with van der Waals surface area (Å²) in [6.07, 6.45) is 1.55. The van der Waals surface area contributed by atoms with Crippen molar-refractivity contribution in [3.05, 3.63) is 36.0 Å². The second-order valence-corrected chi connectivity index (χ2v) is 5.85. The Morgan fingerprint density at radius 3 is 2.68 bits per heavy atom. The SMILES string of the molecule is CC(C)(C)OC(O)[C@@H](N)Cc1c[nH]c2ccccc12. The van der Waals surface area contributed by atoms with E-state index >= 15 is 0 Å². The molecule has 1 aromatic carbocycles. The molecule has 104 valence electrons. The molecule has 0 bridgehead atoms. The van der Waals surface area contributed by atoms with Crippen molar-refractivity contribution >= 4 is 10.9 Å². The van der Waals surface area contributed by atoms with Gasteiger partial charge in [0.15, 0.2) is 6.29 Å². The van der Waals surface area contributed by atoms with Crippen molar-refractivity contribution in [3.63, 3.8) is 0 Å². The number of aliphatic hydroxyl groups is 1. The van der Waals surface area contributed by atoms with E-state index < -0.39 is 17.9 Å². The molecule has 1 aromatic heterocycles. The maximum atomic E-state index is 9.97. The first-order valence-corrected chi connectivity index (χ1v) is 6.53. The molecule has 4 heteroatoms. The van der Waals surface area contributed by atoms with Crippen molar-refractivity contribution in [2.75, 3.05) is 0 Å². The average molecular weight is 262 g/mol. The fourth-order valence-electron chi connectivity index (χ4n) is 2.10. The highest BCUT2D eigenvalue weighted by Gasteiger charge is 2.23. The lowest BCUT2D eigenvalue weighted by atomic mass is 10.0. The van der Waals surface area contributed by atoms with Crippen LogP contribution in [0.4, 0.5) is 0 Å². The lowest BCUT2D eigenvalue weighted by Crippen LogP contribution is -2.42. The van der Waals surface area contributed by atoms with Gasteiger partial charge >= 0.3 is 0 Å². The van der Waals surface area contributed by atoms with Crippen molar-refractivity contribution in [2.45, 2.75) is 45.1 Å². The summed E-state index contributed by atoms with van der Waals surface area (Å²) in [6.45, 7) is 5.69. The van der Waals surface area contributed by atoms with Gasteiger partial charge in [-0.2, -0.15) is 0 Å². The van der Waals surface area contributed by atoms with Gasteiger partial charge in [0.2, 0.25) is 0 Å². The van der Waals surface area contributed by atoms with Gasteiger partial charge in [0.25, 0.3) is 0 Å². The standard InChI is InChI=1S/C15H22N2O2/c1-15(2,3)19-14(18)12(16)8-10-9-17-13-7-5-4-6-11(10)13/h4-7,9,12,14,17-18H,8,16H2,1-3H3/t12-,14?/m0/s1. The monoisotopic (exact) mass is 262 g/mol. The molecule has 2 atom stereocenters. The molecule has 0 amide bonds. The number of para-hydroxylation sites is 1. The number of fused-ring (bicyclic) bond motifs is 1. The minimum absolute atomic E-state index is 0.406. The van der Waals surface area contributed by atoms with Gasteiger partial charge in [-0.1, -0.05) is 18.2 Å². The van der Waals surface area contributed by atoms with Crippen LogP contribution in [0, 0.1) is 0 Å². The molecule has 19 heavy (non-hydrogen) atoms. The van der Waals surface area contributed by atoms with Crippen LogP contribution in [-0.4, -0.2) is 28.0 Å². The van der Waals surface area contributed by atoms with Crippen LogP contribution in [0.5, 0.6) is 0 Å². The van der Waals surface area contributed by atoms with Crippen molar-refractivity contribution in [1.29, 1.82) is 0 Å². The molecule has 0 radical (unpaired) electrons.